The van der Waals surface area contributed by atoms with Crippen LogP contribution >= 0.6 is 15.9 Å². The summed E-state index contributed by atoms with van der Waals surface area (Å²) in [5.74, 6) is 0.843. The molecule has 5 heteroatoms. The Morgan fingerprint density at radius 1 is 0.667 bits per heavy atom. The normalized spacial score (nSPS) is 10.8. The predicted molar refractivity (Wildman–Crippen MR) is 98.6 cm³/mol. The van der Waals surface area contributed by atoms with Crippen LogP contribution in [0.25, 0.3) is 11.1 Å². The van der Waals surface area contributed by atoms with Crippen molar-refractivity contribution in [2.75, 3.05) is 46.8 Å². The molecule has 0 heterocycles. The molecule has 0 unspecified atom stereocenters. The Bertz CT molecular complexity index is 569. The molecule has 0 amide bonds. The van der Waals surface area contributed by atoms with E-state index in [2.05, 4.69) is 40.2 Å². The first-order valence-corrected chi connectivity index (χ1v) is 8.72. The average Bonchev–Trinajstić information content (AvgIpc) is 2.62. The molecular weight excluding hydrogens is 372 g/mol. The van der Waals surface area contributed by atoms with Crippen LogP contribution in [0.2, 0.25) is 0 Å². The van der Waals surface area contributed by atoms with E-state index in [0.29, 0.717) is 39.6 Å². The van der Waals surface area contributed by atoms with Crippen LogP contribution in [0.3, 0.4) is 0 Å². The molecule has 2 rings (SSSR count). The first kappa shape index (κ1) is 18.9. The summed E-state index contributed by atoms with van der Waals surface area (Å²) in [5, 5.41) is 0. The van der Waals surface area contributed by atoms with Crippen molar-refractivity contribution < 1.29 is 18.9 Å². The molecule has 0 radical (unpaired) electrons. The van der Waals surface area contributed by atoms with E-state index in [1.54, 1.807) is 7.11 Å². The van der Waals surface area contributed by atoms with Crippen LogP contribution in [-0.2, 0) is 14.2 Å². The fraction of sp³-hybridized carbons (Fsp3) is 0.368. The van der Waals surface area contributed by atoms with Crippen molar-refractivity contribution in [1.82, 2.24) is 0 Å². The quantitative estimate of drug-likeness (QED) is 0.535. The van der Waals surface area contributed by atoms with Crippen LogP contribution in [0.1, 0.15) is 0 Å². The predicted octanol–water partition coefficient (Wildman–Crippen LogP) is 4.17. The Hall–Kier alpha value is -1.40. The number of ether oxygens (including phenoxy) is 4. The van der Waals surface area contributed by atoms with Gasteiger partial charge in [0.2, 0.25) is 0 Å². The standard InChI is InChI=1S/C19H23BrO4/c1-21-10-11-22-12-13-23-14-15-24-19-8-4-17(5-9-19)16-2-6-18(20)7-3-16/h2-9H,10-15H2,1H3. The van der Waals surface area contributed by atoms with Crippen molar-refractivity contribution in [3.63, 3.8) is 0 Å². The maximum Gasteiger partial charge on any atom is 0.119 e. The van der Waals surface area contributed by atoms with Gasteiger partial charge in [-0.05, 0) is 35.4 Å². The van der Waals surface area contributed by atoms with E-state index >= 15 is 0 Å². The van der Waals surface area contributed by atoms with E-state index in [4.69, 9.17) is 18.9 Å². The third kappa shape index (κ3) is 7.01. The van der Waals surface area contributed by atoms with E-state index < -0.39 is 0 Å². The number of halogens is 1. The lowest BCUT2D eigenvalue weighted by Crippen LogP contribution is -2.12. The third-order valence-corrected chi connectivity index (χ3v) is 3.86. The van der Waals surface area contributed by atoms with E-state index in [1.165, 1.54) is 11.1 Å². The van der Waals surface area contributed by atoms with Crippen LogP contribution in [0.15, 0.2) is 53.0 Å². The summed E-state index contributed by atoms with van der Waals surface area (Å²) in [5.41, 5.74) is 2.35. The van der Waals surface area contributed by atoms with Gasteiger partial charge >= 0.3 is 0 Å². The van der Waals surface area contributed by atoms with Gasteiger partial charge in [-0.3, -0.25) is 0 Å². The molecule has 0 saturated heterocycles. The summed E-state index contributed by atoms with van der Waals surface area (Å²) in [6, 6.07) is 16.3. The van der Waals surface area contributed by atoms with Crippen LogP contribution in [-0.4, -0.2) is 46.8 Å². The molecule has 0 fully saturated rings. The molecule has 0 aliphatic heterocycles. The van der Waals surface area contributed by atoms with E-state index in [1.807, 2.05) is 24.3 Å². The summed E-state index contributed by atoms with van der Waals surface area (Å²) in [7, 11) is 1.66. The Morgan fingerprint density at radius 3 is 1.75 bits per heavy atom. The molecule has 0 spiro atoms. The van der Waals surface area contributed by atoms with Crippen molar-refractivity contribution in [3.8, 4) is 16.9 Å². The molecule has 0 aliphatic rings. The molecule has 4 nitrogen and oxygen atoms in total. The van der Waals surface area contributed by atoms with Crippen molar-refractivity contribution in [2.45, 2.75) is 0 Å². The summed E-state index contributed by atoms with van der Waals surface area (Å²) in [6.07, 6.45) is 0. The van der Waals surface area contributed by atoms with E-state index in [9.17, 15) is 0 Å². The number of hydrogen-bond acceptors (Lipinski definition) is 4. The molecule has 130 valence electrons. The smallest absolute Gasteiger partial charge is 0.119 e. The highest BCUT2D eigenvalue weighted by molar-refractivity contribution is 9.10. The minimum absolute atomic E-state index is 0.524. The van der Waals surface area contributed by atoms with Gasteiger partial charge in [-0.2, -0.15) is 0 Å². The molecule has 2 aromatic rings. The second-order valence-corrected chi connectivity index (χ2v) is 6.01. The monoisotopic (exact) mass is 394 g/mol. The van der Waals surface area contributed by atoms with Gasteiger partial charge in [0.25, 0.3) is 0 Å². The number of hydrogen-bond donors (Lipinski definition) is 0. The second kappa shape index (κ2) is 11.2. The zero-order valence-corrected chi connectivity index (χ0v) is 15.5. The van der Waals surface area contributed by atoms with Crippen molar-refractivity contribution in [2.24, 2.45) is 0 Å². The Kier molecular flexibility index (Phi) is 8.84. The lowest BCUT2D eigenvalue weighted by molar-refractivity contribution is 0.0180. The Labute approximate surface area is 151 Å². The number of methoxy groups -OCH3 is 1. The lowest BCUT2D eigenvalue weighted by atomic mass is 10.1. The minimum atomic E-state index is 0.524. The van der Waals surface area contributed by atoms with E-state index in [-0.39, 0.29) is 0 Å². The largest absolute Gasteiger partial charge is 0.491 e. The molecule has 24 heavy (non-hydrogen) atoms. The summed E-state index contributed by atoms with van der Waals surface area (Å²) < 4.78 is 22.4. The first-order valence-electron chi connectivity index (χ1n) is 7.93. The number of benzene rings is 2. The topological polar surface area (TPSA) is 36.9 Å². The minimum Gasteiger partial charge on any atom is -0.491 e. The lowest BCUT2D eigenvalue weighted by Gasteiger charge is -2.09. The molecular formula is C19H23BrO4. The molecule has 0 aromatic heterocycles. The van der Waals surface area contributed by atoms with Gasteiger partial charge in [0, 0.05) is 11.6 Å². The van der Waals surface area contributed by atoms with Gasteiger partial charge in [0.1, 0.15) is 12.4 Å². The van der Waals surface area contributed by atoms with Crippen LogP contribution in [0, 0.1) is 0 Å². The van der Waals surface area contributed by atoms with Crippen LogP contribution < -0.4 is 4.74 Å². The summed E-state index contributed by atoms with van der Waals surface area (Å²) >= 11 is 3.45. The summed E-state index contributed by atoms with van der Waals surface area (Å²) in [4.78, 5) is 0. The zero-order chi connectivity index (χ0) is 17.0. The molecule has 0 bridgehead atoms. The van der Waals surface area contributed by atoms with Crippen molar-refractivity contribution in [3.05, 3.63) is 53.0 Å². The fourth-order valence-electron chi connectivity index (χ4n) is 2.07. The average molecular weight is 395 g/mol. The van der Waals surface area contributed by atoms with Crippen molar-refractivity contribution in [1.29, 1.82) is 0 Å². The maximum atomic E-state index is 5.67. The second-order valence-electron chi connectivity index (χ2n) is 5.10. The number of rotatable bonds is 11. The van der Waals surface area contributed by atoms with Gasteiger partial charge in [-0.25, -0.2) is 0 Å². The van der Waals surface area contributed by atoms with Gasteiger partial charge in [-0.1, -0.05) is 40.2 Å². The third-order valence-electron chi connectivity index (χ3n) is 3.33. The van der Waals surface area contributed by atoms with Crippen molar-refractivity contribution >= 4 is 15.9 Å². The van der Waals surface area contributed by atoms with Crippen LogP contribution in [0.5, 0.6) is 5.75 Å². The Balaban J connectivity index is 1.63. The highest BCUT2D eigenvalue weighted by atomic mass is 79.9. The van der Waals surface area contributed by atoms with Gasteiger partial charge in [0.15, 0.2) is 0 Å². The Morgan fingerprint density at radius 2 is 1.17 bits per heavy atom. The molecule has 0 saturated carbocycles. The fourth-order valence-corrected chi connectivity index (χ4v) is 2.33. The highest BCUT2D eigenvalue weighted by Gasteiger charge is 1.99. The molecule has 0 aliphatic carbocycles. The zero-order valence-electron chi connectivity index (χ0n) is 13.9. The summed E-state index contributed by atoms with van der Waals surface area (Å²) in [6.45, 7) is 3.42. The highest BCUT2D eigenvalue weighted by Crippen LogP contribution is 2.24. The molecule has 0 N–H and O–H groups in total. The van der Waals surface area contributed by atoms with Gasteiger partial charge < -0.3 is 18.9 Å². The SMILES string of the molecule is COCCOCCOCCOc1ccc(-c2ccc(Br)cc2)cc1. The van der Waals surface area contributed by atoms with Crippen LogP contribution in [0.4, 0.5) is 0 Å². The first-order chi connectivity index (χ1) is 11.8. The maximum absolute atomic E-state index is 5.67. The molecule has 0 atom stereocenters. The van der Waals surface area contributed by atoms with Gasteiger partial charge in [0.05, 0.1) is 33.0 Å². The van der Waals surface area contributed by atoms with Gasteiger partial charge in [-0.15, -0.1) is 0 Å². The van der Waals surface area contributed by atoms with E-state index in [0.717, 1.165) is 10.2 Å². The molecule has 2 aromatic carbocycles.